The summed E-state index contributed by atoms with van der Waals surface area (Å²) in [6.07, 6.45) is 1.31. The molecule has 138 valence electrons. The summed E-state index contributed by atoms with van der Waals surface area (Å²) in [5.41, 5.74) is 2.04. The van der Waals surface area contributed by atoms with E-state index in [1.54, 1.807) is 0 Å². The van der Waals surface area contributed by atoms with Gasteiger partial charge in [0.1, 0.15) is 24.3 Å². The first-order valence-electron chi connectivity index (χ1n) is 9.48. The van der Waals surface area contributed by atoms with Gasteiger partial charge in [0.2, 0.25) is 0 Å². The van der Waals surface area contributed by atoms with Crippen LogP contribution in [0.5, 0.6) is 5.75 Å². The molecule has 1 N–H and O–H groups in total. The first-order chi connectivity index (χ1) is 13.2. The molecule has 4 aromatic rings. The Morgan fingerprint density at radius 3 is 2.63 bits per heavy atom. The third-order valence-corrected chi connectivity index (χ3v) is 4.76. The highest BCUT2D eigenvalue weighted by Gasteiger charge is 2.14. The molecular weight excluding hydrogens is 336 g/mol. The molecule has 0 spiro atoms. The maximum atomic E-state index is 10.6. The van der Waals surface area contributed by atoms with E-state index in [9.17, 15) is 5.11 Å². The number of ether oxygens (including phenoxy) is 1. The van der Waals surface area contributed by atoms with Crippen molar-refractivity contribution in [1.82, 2.24) is 9.55 Å². The molecule has 0 aliphatic carbocycles. The molecule has 0 bridgehead atoms. The van der Waals surface area contributed by atoms with Crippen molar-refractivity contribution < 1.29 is 9.84 Å². The van der Waals surface area contributed by atoms with Gasteiger partial charge in [0, 0.05) is 6.42 Å². The summed E-state index contributed by atoms with van der Waals surface area (Å²) in [5, 5.41) is 12.9. The lowest BCUT2D eigenvalue weighted by atomic mass is 10.1. The summed E-state index contributed by atoms with van der Waals surface area (Å²) in [4.78, 5) is 4.72. The molecule has 1 aromatic heterocycles. The van der Waals surface area contributed by atoms with Gasteiger partial charge < -0.3 is 14.4 Å². The molecular formula is C23H24N2O2. The number of hydrogen-bond acceptors (Lipinski definition) is 3. The van der Waals surface area contributed by atoms with Crippen molar-refractivity contribution in [3.8, 4) is 5.75 Å². The van der Waals surface area contributed by atoms with Crippen LogP contribution >= 0.6 is 0 Å². The van der Waals surface area contributed by atoms with Crippen LogP contribution in [0, 0.1) is 0 Å². The van der Waals surface area contributed by atoms with Gasteiger partial charge in [-0.15, -0.1) is 0 Å². The monoisotopic (exact) mass is 360 g/mol. The van der Waals surface area contributed by atoms with E-state index in [1.807, 2.05) is 48.5 Å². The predicted molar refractivity (Wildman–Crippen MR) is 109 cm³/mol. The third kappa shape index (κ3) is 3.81. The van der Waals surface area contributed by atoms with E-state index >= 15 is 0 Å². The summed E-state index contributed by atoms with van der Waals surface area (Å²) < 4.78 is 7.97. The van der Waals surface area contributed by atoms with Crippen molar-refractivity contribution in [2.45, 2.75) is 32.4 Å². The number of aromatic nitrogens is 2. The van der Waals surface area contributed by atoms with Gasteiger partial charge in [-0.3, -0.25) is 0 Å². The van der Waals surface area contributed by atoms with E-state index in [0.29, 0.717) is 6.54 Å². The average Bonchev–Trinajstić information content (AvgIpc) is 3.04. The molecule has 4 nitrogen and oxygen atoms in total. The standard InChI is InChI=1S/C23H24N2O2/c1-2-7-23-24-21-10-5-6-11-22(21)25(23)15-19(26)16-27-20-13-12-17-8-3-4-9-18(17)14-20/h3-6,8-14,19,26H,2,7,15-16H2,1H3/t19-/m1/s1. The minimum absolute atomic E-state index is 0.246. The highest BCUT2D eigenvalue weighted by Crippen LogP contribution is 2.21. The number of benzene rings is 3. The Kier molecular flexibility index (Phi) is 5.07. The first kappa shape index (κ1) is 17.6. The van der Waals surface area contributed by atoms with E-state index in [2.05, 4.69) is 29.7 Å². The molecule has 1 atom stereocenters. The van der Waals surface area contributed by atoms with Crippen LogP contribution < -0.4 is 4.74 Å². The summed E-state index contributed by atoms with van der Waals surface area (Å²) >= 11 is 0. The van der Waals surface area contributed by atoms with Crippen LogP contribution in [0.4, 0.5) is 0 Å². The maximum Gasteiger partial charge on any atom is 0.120 e. The molecule has 0 saturated carbocycles. The molecule has 0 radical (unpaired) electrons. The minimum atomic E-state index is -0.607. The van der Waals surface area contributed by atoms with E-state index in [4.69, 9.17) is 9.72 Å². The van der Waals surface area contributed by atoms with Crippen molar-refractivity contribution in [3.63, 3.8) is 0 Å². The molecule has 0 unspecified atom stereocenters. The fourth-order valence-corrected chi connectivity index (χ4v) is 3.46. The minimum Gasteiger partial charge on any atom is -0.491 e. The second kappa shape index (κ2) is 7.80. The van der Waals surface area contributed by atoms with E-state index in [-0.39, 0.29) is 6.61 Å². The molecule has 0 fully saturated rings. The van der Waals surface area contributed by atoms with Crippen LogP contribution in [0.15, 0.2) is 66.7 Å². The molecule has 0 amide bonds. The number of aliphatic hydroxyl groups is 1. The van der Waals surface area contributed by atoms with Crippen molar-refractivity contribution >= 4 is 21.8 Å². The summed E-state index contributed by atoms with van der Waals surface area (Å²) in [6.45, 7) is 2.86. The number of rotatable bonds is 7. The van der Waals surface area contributed by atoms with Gasteiger partial charge in [-0.2, -0.15) is 0 Å². The zero-order valence-corrected chi connectivity index (χ0v) is 15.5. The Balaban J connectivity index is 1.48. The number of nitrogens with zero attached hydrogens (tertiary/aromatic N) is 2. The summed E-state index contributed by atoms with van der Waals surface area (Å²) in [7, 11) is 0. The van der Waals surface area contributed by atoms with Crippen molar-refractivity contribution in [2.75, 3.05) is 6.61 Å². The number of aryl methyl sites for hydroxylation is 1. The highest BCUT2D eigenvalue weighted by molar-refractivity contribution is 5.83. The number of fused-ring (bicyclic) bond motifs is 2. The van der Waals surface area contributed by atoms with E-state index in [1.165, 1.54) is 5.39 Å². The van der Waals surface area contributed by atoms with Crippen LogP contribution in [-0.2, 0) is 13.0 Å². The van der Waals surface area contributed by atoms with Crippen LogP contribution in [0.3, 0.4) is 0 Å². The number of imidazole rings is 1. The molecule has 1 heterocycles. The molecule has 4 heteroatoms. The highest BCUT2D eigenvalue weighted by atomic mass is 16.5. The molecule has 27 heavy (non-hydrogen) atoms. The van der Waals surface area contributed by atoms with Gasteiger partial charge >= 0.3 is 0 Å². The Morgan fingerprint density at radius 1 is 1.00 bits per heavy atom. The van der Waals surface area contributed by atoms with Gasteiger partial charge in [-0.05, 0) is 41.5 Å². The number of hydrogen-bond donors (Lipinski definition) is 1. The smallest absolute Gasteiger partial charge is 0.120 e. The van der Waals surface area contributed by atoms with Crippen molar-refractivity contribution in [3.05, 3.63) is 72.6 Å². The van der Waals surface area contributed by atoms with Gasteiger partial charge in [0.15, 0.2) is 0 Å². The van der Waals surface area contributed by atoms with Gasteiger partial charge in [-0.25, -0.2) is 4.98 Å². The predicted octanol–water partition coefficient (Wildman–Crippen LogP) is 4.58. The van der Waals surface area contributed by atoms with Crippen LogP contribution in [-0.4, -0.2) is 27.4 Å². The number of aliphatic hydroxyl groups excluding tert-OH is 1. The normalized spacial score (nSPS) is 12.5. The fourth-order valence-electron chi connectivity index (χ4n) is 3.46. The zero-order chi connectivity index (χ0) is 18.6. The largest absolute Gasteiger partial charge is 0.491 e. The fraction of sp³-hybridized carbons (Fsp3) is 0.261. The van der Waals surface area contributed by atoms with Crippen LogP contribution in [0.2, 0.25) is 0 Å². The van der Waals surface area contributed by atoms with E-state index in [0.717, 1.165) is 40.8 Å². The topological polar surface area (TPSA) is 47.3 Å². The lowest BCUT2D eigenvalue weighted by Gasteiger charge is -2.16. The molecule has 0 aliphatic heterocycles. The SMILES string of the molecule is CCCc1nc2ccccc2n1C[C@@H](O)COc1ccc2ccccc2c1. The lowest BCUT2D eigenvalue weighted by molar-refractivity contribution is 0.0928. The third-order valence-electron chi connectivity index (χ3n) is 4.76. The van der Waals surface area contributed by atoms with E-state index < -0.39 is 6.10 Å². The number of para-hydroxylation sites is 2. The van der Waals surface area contributed by atoms with Crippen LogP contribution in [0.1, 0.15) is 19.2 Å². The molecule has 0 saturated heterocycles. The summed E-state index contributed by atoms with van der Waals surface area (Å²) in [6, 6.07) is 22.3. The van der Waals surface area contributed by atoms with Crippen molar-refractivity contribution in [2.24, 2.45) is 0 Å². The zero-order valence-electron chi connectivity index (χ0n) is 15.5. The second-order valence-corrected chi connectivity index (χ2v) is 6.85. The first-order valence-corrected chi connectivity index (χ1v) is 9.48. The van der Waals surface area contributed by atoms with Crippen LogP contribution in [0.25, 0.3) is 21.8 Å². The molecule has 3 aromatic carbocycles. The summed E-state index contributed by atoms with van der Waals surface area (Å²) in [5.74, 6) is 1.79. The van der Waals surface area contributed by atoms with Gasteiger partial charge in [0.25, 0.3) is 0 Å². The maximum absolute atomic E-state index is 10.6. The quantitative estimate of drug-likeness (QED) is 0.525. The van der Waals surface area contributed by atoms with Gasteiger partial charge in [-0.1, -0.05) is 49.4 Å². The van der Waals surface area contributed by atoms with Crippen molar-refractivity contribution in [1.29, 1.82) is 0 Å². The molecule has 0 aliphatic rings. The Bertz CT molecular complexity index is 1050. The lowest BCUT2D eigenvalue weighted by Crippen LogP contribution is -2.24. The average molecular weight is 360 g/mol. The molecule has 4 rings (SSSR count). The van der Waals surface area contributed by atoms with Gasteiger partial charge in [0.05, 0.1) is 17.6 Å². The Hall–Kier alpha value is -2.85. The Labute approximate surface area is 159 Å². The Morgan fingerprint density at radius 2 is 1.78 bits per heavy atom. The second-order valence-electron chi connectivity index (χ2n) is 6.85.